The van der Waals surface area contributed by atoms with Crippen LogP contribution in [0.4, 0.5) is 11.4 Å². The Bertz CT molecular complexity index is 549. The molecule has 0 spiro atoms. The number of hydrogen-bond donors (Lipinski definition) is 2. The summed E-state index contributed by atoms with van der Waals surface area (Å²) in [5.41, 5.74) is 1.82. The van der Waals surface area contributed by atoms with Gasteiger partial charge in [0, 0.05) is 11.4 Å². The molecule has 0 fully saturated rings. The summed E-state index contributed by atoms with van der Waals surface area (Å²) >= 11 is 5.30. The average Bonchev–Trinajstić information content (AvgIpc) is 2.52. The van der Waals surface area contributed by atoms with Crippen molar-refractivity contribution in [1.82, 2.24) is 0 Å². The summed E-state index contributed by atoms with van der Waals surface area (Å²) < 4.78 is 10.8. The van der Waals surface area contributed by atoms with Gasteiger partial charge in [-0.05, 0) is 74.6 Å². The second-order valence-electron chi connectivity index (χ2n) is 4.49. The van der Waals surface area contributed by atoms with Gasteiger partial charge in [0.15, 0.2) is 5.11 Å². The van der Waals surface area contributed by atoms with Crippen molar-refractivity contribution in [3.05, 3.63) is 48.5 Å². The van der Waals surface area contributed by atoms with Gasteiger partial charge in [-0.15, -0.1) is 0 Å². The van der Waals surface area contributed by atoms with Gasteiger partial charge in [0.1, 0.15) is 11.5 Å². The molecule has 2 rings (SSSR count). The third-order valence-electron chi connectivity index (χ3n) is 2.85. The molecule has 0 aliphatic carbocycles. The predicted molar refractivity (Wildman–Crippen MR) is 105 cm³/mol. The molecular formula is C17H23BiN2O2S. The fourth-order valence-electron chi connectivity index (χ4n) is 1.90. The van der Waals surface area contributed by atoms with Gasteiger partial charge in [-0.2, -0.15) is 0 Å². The molecule has 0 aromatic heterocycles. The summed E-state index contributed by atoms with van der Waals surface area (Å²) in [5, 5.41) is 6.80. The first-order valence-electron chi connectivity index (χ1n) is 7.25. The summed E-state index contributed by atoms with van der Waals surface area (Å²) in [6.07, 6.45) is 0. The van der Waals surface area contributed by atoms with Gasteiger partial charge in [0.2, 0.25) is 0 Å². The maximum absolute atomic E-state index is 5.40. The summed E-state index contributed by atoms with van der Waals surface area (Å²) in [5.74, 6) is 1.69. The van der Waals surface area contributed by atoms with Gasteiger partial charge in [-0.25, -0.2) is 0 Å². The Balaban J connectivity index is 0.00000264. The Morgan fingerprint density at radius 1 is 0.783 bits per heavy atom. The molecule has 0 amide bonds. The number of ether oxygens (including phenoxy) is 2. The molecule has 124 valence electrons. The number of nitrogens with one attached hydrogen (secondary N) is 2. The SMILES string of the molecule is CCOc1ccc(NC(=S)Nc2ccc(OCC)cc2)cc1.[BiH3]. The van der Waals surface area contributed by atoms with Gasteiger partial charge >= 0.3 is 26.2 Å². The molecule has 0 unspecified atom stereocenters. The molecule has 0 radical (unpaired) electrons. The van der Waals surface area contributed by atoms with Crippen molar-refractivity contribution in [2.75, 3.05) is 23.8 Å². The predicted octanol–water partition coefficient (Wildman–Crippen LogP) is 3.11. The second kappa shape index (κ2) is 10.4. The van der Waals surface area contributed by atoms with E-state index in [1.54, 1.807) is 0 Å². The number of anilines is 2. The van der Waals surface area contributed by atoms with Gasteiger partial charge in [0.25, 0.3) is 0 Å². The van der Waals surface area contributed by atoms with E-state index in [-0.39, 0.29) is 26.2 Å². The van der Waals surface area contributed by atoms with E-state index in [1.807, 2.05) is 62.4 Å². The Kier molecular flexibility index (Phi) is 8.89. The van der Waals surface area contributed by atoms with E-state index in [1.165, 1.54) is 0 Å². The van der Waals surface area contributed by atoms with Crippen molar-refractivity contribution in [2.24, 2.45) is 0 Å². The van der Waals surface area contributed by atoms with E-state index >= 15 is 0 Å². The van der Waals surface area contributed by atoms with Crippen LogP contribution < -0.4 is 20.1 Å². The van der Waals surface area contributed by atoms with Crippen LogP contribution in [0.25, 0.3) is 0 Å². The number of hydrogen-bond acceptors (Lipinski definition) is 3. The maximum atomic E-state index is 5.40. The average molecular weight is 528 g/mol. The minimum absolute atomic E-state index is 0. The van der Waals surface area contributed by atoms with Crippen LogP contribution >= 0.6 is 12.2 Å². The molecule has 6 heteroatoms. The van der Waals surface area contributed by atoms with Crippen LogP contribution in [0, 0.1) is 0 Å². The molecule has 0 heterocycles. The summed E-state index contributed by atoms with van der Waals surface area (Å²) in [7, 11) is 0. The third kappa shape index (κ3) is 6.71. The topological polar surface area (TPSA) is 42.5 Å². The molecule has 0 saturated heterocycles. The number of rotatable bonds is 6. The normalized spacial score (nSPS) is 9.48. The van der Waals surface area contributed by atoms with Crippen molar-refractivity contribution in [3.8, 4) is 11.5 Å². The van der Waals surface area contributed by atoms with Crippen LogP contribution in [0.5, 0.6) is 11.5 Å². The second-order valence-corrected chi connectivity index (χ2v) is 4.90. The molecule has 0 bridgehead atoms. The molecule has 23 heavy (non-hydrogen) atoms. The molecule has 2 aromatic carbocycles. The molecule has 2 N–H and O–H groups in total. The Labute approximate surface area is 161 Å². The monoisotopic (exact) mass is 528 g/mol. The van der Waals surface area contributed by atoms with Crippen LogP contribution in [0.3, 0.4) is 0 Å². The standard InChI is InChI=1S/C17H20N2O2S.Bi.3H/c1-3-20-15-9-5-13(6-10-15)18-17(22)19-14-7-11-16(12-8-14)21-4-2;;;;/h5-12H,3-4H2,1-2H3,(H2,18,19,22);;;;. The minimum atomic E-state index is 0. The molecule has 0 aliphatic rings. The fourth-order valence-corrected chi connectivity index (χ4v) is 2.13. The van der Waals surface area contributed by atoms with E-state index in [4.69, 9.17) is 21.7 Å². The van der Waals surface area contributed by atoms with Gasteiger partial charge in [-0.1, -0.05) is 0 Å². The first kappa shape index (κ1) is 19.7. The summed E-state index contributed by atoms with van der Waals surface area (Å²) in [4.78, 5) is 0. The number of thiocarbonyl (C=S) groups is 1. The van der Waals surface area contributed by atoms with Crippen LogP contribution in [0.15, 0.2) is 48.5 Å². The van der Waals surface area contributed by atoms with Crippen LogP contribution in [0.2, 0.25) is 0 Å². The van der Waals surface area contributed by atoms with E-state index < -0.39 is 0 Å². The molecular weight excluding hydrogens is 505 g/mol. The zero-order chi connectivity index (χ0) is 15.8. The molecule has 0 aliphatic heterocycles. The number of benzene rings is 2. The molecule has 0 atom stereocenters. The van der Waals surface area contributed by atoms with Crippen molar-refractivity contribution in [2.45, 2.75) is 13.8 Å². The zero-order valence-electron chi connectivity index (χ0n) is 13.5. The Hall–Kier alpha value is -1.39. The van der Waals surface area contributed by atoms with Crippen LogP contribution in [-0.2, 0) is 0 Å². The molecule has 0 saturated carbocycles. The van der Waals surface area contributed by atoms with Crippen molar-refractivity contribution in [3.63, 3.8) is 0 Å². The zero-order valence-corrected chi connectivity index (χ0v) is 19.8. The summed E-state index contributed by atoms with van der Waals surface area (Å²) in [6.45, 7) is 5.24. The van der Waals surface area contributed by atoms with Gasteiger partial charge < -0.3 is 20.1 Å². The van der Waals surface area contributed by atoms with Gasteiger partial charge in [-0.3, -0.25) is 0 Å². The van der Waals surface area contributed by atoms with Gasteiger partial charge in [0.05, 0.1) is 13.2 Å². The van der Waals surface area contributed by atoms with E-state index in [9.17, 15) is 0 Å². The van der Waals surface area contributed by atoms with Crippen molar-refractivity contribution in [1.29, 1.82) is 0 Å². The quantitative estimate of drug-likeness (QED) is 0.446. The summed E-state index contributed by atoms with van der Waals surface area (Å²) in [6, 6.07) is 15.3. The van der Waals surface area contributed by atoms with Crippen molar-refractivity contribution >= 4 is 54.9 Å². The van der Waals surface area contributed by atoms with E-state index in [2.05, 4.69) is 10.6 Å². The van der Waals surface area contributed by atoms with Crippen LogP contribution in [-0.4, -0.2) is 44.5 Å². The first-order chi connectivity index (χ1) is 10.7. The molecule has 4 nitrogen and oxygen atoms in total. The Morgan fingerprint density at radius 3 is 1.43 bits per heavy atom. The molecule has 2 aromatic rings. The van der Waals surface area contributed by atoms with Crippen molar-refractivity contribution < 1.29 is 9.47 Å². The first-order valence-corrected chi connectivity index (χ1v) is 7.65. The van der Waals surface area contributed by atoms with Crippen LogP contribution in [0.1, 0.15) is 13.8 Å². The van der Waals surface area contributed by atoms with E-state index in [0.29, 0.717) is 18.3 Å². The third-order valence-corrected chi connectivity index (χ3v) is 3.05. The fraction of sp³-hybridized carbons (Fsp3) is 0.235. The Morgan fingerprint density at radius 2 is 1.13 bits per heavy atom. The van der Waals surface area contributed by atoms with E-state index in [0.717, 1.165) is 22.9 Å².